The van der Waals surface area contributed by atoms with E-state index in [1.54, 1.807) is 36.0 Å². The molecule has 120 valence electrons. The lowest BCUT2D eigenvalue weighted by atomic mass is 10.2. The molecule has 0 aromatic heterocycles. The zero-order valence-electron chi connectivity index (χ0n) is 12.7. The summed E-state index contributed by atoms with van der Waals surface area (Å²) >= 11 is 1.55. The molecule has 0 saturated carbocycles. The molecule has 7 heteroatoms. The molecular weight excluding hydrogens is 308 g/mol. The second kappa shape index (κ2) is 8.63. The van der Waals surface area contributed by atoms with Crippen LogP contribution in [0, 0.1) is 0 Å². The van der Waals surface area contributed by atoms with Gasteiger partial charge in [-0.1, -0.05) is 19.1 Å². The molecule has 21 heavy (non-hydrogen) atoms. The van der Waals surface area contributed by atoms with Crippen LogP contribution >= 0.6 is 11.8 Å². The van der Waals surface area contributed by atoms with Crippen LogP contribution in [0.4, 0.5) is 5.69 Å². The number of aliphatic hydroxyl groups excluding tert-OH is 1. The van der Waals surface area contributed by atoms with E-state index in [4.69, 9.17) is 0 Å². The van der Waals surface area contributed by atoms with Crippen molar-refractivity contribution in [2.75, 3.05) is 24.7 Å². The van der Waals surface area contributed by atoms with Crippen molar-refractivity contribution >= 4 is 27.5 Å². The van der Waals surface area contributed by atoms with E-state index in [1.165, 1.54) is 0 Å². The first-order valence-corrected chi connectivity index (χ1v) is 9.72. The van der Waals surface area contributed by atoms with E-state index in [0.717, 1.165) is 6.42 Å². The van der Waals surface area contributed by atoms with Crippen LogP contribution in [0.2, 0.25) is 0 Å². The monoisotopic (exact) mass is 332 g/mol. The smallest absolute Gasteiger partial charge is 0.242 e. The highest BCUT2D eigenvalue weighted by molar-refractivity contribution is 7.99. The lowest BCUT2D eigenvalue weighted by Crippen LogP contribution is -2.32. The first-order chi connectivity index (χ1) is 9.96. The molecule has 1 aromatic rings. The summed E-state index contributed by atoms with van der Waals surface area (Å²) < 4.78 is 27.2. The van der Waals surface area contributed by atoms with Crippen LogP contribution in [0.3, 0.4) is 0 Å². The largest absolute Gasteiger partial charge is 0.395 e. The molecular formula is C14H24N2O3S2. The highest BCUT2D eigenvalue weighted by Gasteiger charge is 2.21. The van der Waals surface area contributed by atoms with Crippen molar-refractivity contribution in [1.82, 2.24) is 4.72 Å². The first kappa shape index (κ1) is 18.3. The Morgan fingerprint density at radius 1 is 1.33 bits per heavy atom. The lowest BCUT2D eigenvalue weighted by Gasteiger charge is -2.23. The van der Waals surface area contributed by atoms with E-state index in [1.807, 2.05) is 20.1 Å². The number of hydrogen-bond acceptors (Lipinski definition) is 5. The molecule has 2 unspecified atom stereocenters. The summed E-state index contributed by atoms with van der Waals surface area (Å²) in [6, 6.07) is 6.77. The molecule has 0 aliphatic heterocycles. The summed E-state index contributed by atoms with van der Waals surface area (Å²) in [5.41, 5.74) is 0.557. The topological polar surface area (TPSA) is 78.4 Å². The normalized spacial score (nSPS) is 14.7. The summed E-state index contributed by atoms with van der Waals surface area (Å²) in [6.45, 7) is 4.30. The Morgan fingerprint density at radius 2 is 2.00 bits per heavy atom. The van der Waals surface area contributed by atoms with E-state index in [9.17, 15) is 13.5 Å². The van der Waals surface area contributed by atoms with Crippen LogP contribution in [-0.2, 0) is 10.0 Å². The Hall–Kier alpha value is -0.760. The fourth-order valence-corrected chi connectivity index (χ4v) is 3.84. The minimum atomic E-state index is -3.52. The number of aliphatic hydroxyl groups is 1. The first-order valence-electron chi connectivity index (χ1n) is 6.95. The third-order valence-electron chi connectivity index (χ3n) is 3.14. The molecule has 0 heterocycles. The van der Waals surface area contributed by atoms with E-state index >= 15 is 0 Å². The summed E-state index contributed by atoms with van der Waals surface area (Å²) in [7, 11) is -3.52. The van der Waals surface area contributed by atoms with Crippen LogP contribution in [-0.4, -0.2) is 44.2 Å². The van der Waals surface area contributed by atoms with Crippen molar-refractivity contribution in [1.29, 1.82) is 0 Å². The Labute approximate surface area is 131 Å². The molecule has 0 saturated heterocycles. The minimum Gasteiger partial charge on any atom is -0.395 e. The van der Waals surface area contributed by atoms with Crippen LogP contribution < -0.4 is 10.0 Å². The van der Waals surface area contributed by atoms with Crippen molar-refractivity contribution in [2.24, 2.45) is 0 Å². The van der Waals surface area contributed by atoms with Crippen molar-refractivity contribution in [3.8, 4) is 0 Å². The Kier molecular flexibility index (Phi) is 7.51. The molecule has 0 aliphatic rings. The van der Waals surface area contributed by atoms with Gasteiger partial charge in [0.05, 0.1) is 12.3 Å². The number of para-hydroxylation sites is 1. The van der Waals surface area contributed by atoms with Gasteiger partial charge in [-0.05, 0) is 31.7 Å². The van der Waals surface area contributed by atoms with Crippen molar-refractivity contribution in [3.63, 3.8) is 0 Å². The molecule has 1 rings (SSSR count). The molecule has 3 N–H and O–H groups in total. The van der Waals surface area contributed by atoms with Gasteiger partial charge in [-0.25, -0.2) is 13.1 Å². The third kappa shape index (κ3) is 5.18. The number of hydrogen-bond donors (Lipinski definition) is 3. The predicted octanol–water partition coefficient (Wildman–Crippen LogP) is 1.90. The van der Waals surface area contributed by atoms with Gasteiger partial charge in [0.1, 0.15) is 4.90 Å². The summed E-state index contributed by atoms with van der Waals surface area (Å²) in [6.07, 6.45) is 2.66. The summed E-state index contributed by atoms with van der Waals surface area (Å²) in [5, 5.41) is 12.5. The third-order valence-corrected chi connectivity index (χ3v) is 5.82. The second-order valence-corrected chi connectivity index (χ2v) is 7.60. The van der Waals surface area contributed by atoms with E-state index in [0.29, 0.717) is 12.2 Å². The number of benzene rings is 1. The fourth-order valence-electron chi connectivity index (χ4n) is 1.91. The predicted molar refractivity (Wildman–Crippen MR) is 89.4 cm³/mol. The van der Waals surface area contributed by atoms with E-state index in [-0.39, 0.29) is 22.8 Å². The standard InChI is InChI=1S/C14H24N2O3S2/c1-4-9-15-21(18,19)14-8-6-5-7-12(14)16-11(2)13(10-17)20-3/h5-8,11,13,15-17H,4,9-10H2,1-3H3. The quantitative estimate of drug-likeness (QED) is 0.644. The summed E-state index contributed by atoms with van der Waals surface area (Å²) in [5.74, 6) is 0. The van der Waals surface area contributed by atoms with Gasteiger partial charge >= 0.3 is 0 Å². The molecule has 5 nitrogen and oxygen atoms in total. The molecule has 0 spiro atoms. The van der Waals surface area contributed by atoms with Gasteiger partial charge < -0.3 is 10.4 Å². The number of rotatable bonds is 9. The maximum absolute atomic E-state index is 12.3. The summed E-state index contributed by atoms with van der Waals surface area (Å²) in [4.78, 5) is 0.239. The lowest BCUT2D eigenvalue weighted by molar-refractivity contribution is 0.288. The van der Waals surface area contributed by atoms with E-state index < -0.39 is 10.0 Å². The van der Waals surface area contributed by atoms with Crippen molar-refractivity contribution in [2.45, 2.75) is 36.5 Å². The van der Waals surface area contributed by atoms with Crippen LogP contribution in [0.15, 0.2) is 29.2 Å². The van der Waals surface area contributed by atoms with Gasteiger partial charge in [0, 0.05) is 17.8 Å². The van der Waals surface area contributed by atoms with E-state index in [2.05, 4.69) is 10.0 Å². The van der Waals surface area contributed by atoms with Crippen LogP contribution in [0.25, 0.3) is 0 Å². The second-order valence-electron chi connectivity index (χ2n) is 4.78. The highest BCUT2D eigenvalue weighted by Crippen LogP contribution is 2.23. The molecule has 0 fully saturated rings. The average molecular weight is 332 g/mol. The molecule has 0 aliphatic carbocycles. The minimum absolute atomic E-state index is 0.00404. The van der Waals surface area contributed by atoms with Crippen molar-refractivity contribution < 1.29 is 13.5 Å². The SMILES string of the molecule is CCCNS(=O)(=O)c1ccccc1NC(C)C(CO)SC. The van der Waals surface area contributed by atoms with Gasteiger partial charge in [-0.2, -0.15) is 11.8 Å². The van der Waals surface area contributed by atoms with Gasteiger partial charge in [-0.15, -0.1) is 0 Å². The molecule has 1 aromatic carbocycles. The maximum atomic E-state index is 12.3. The van der Waals surface area contributed by atoms with Crippen LogP contribution in [0.5, 0.6) is 0 Å². The average Bonchev–Trinajstić information content (AvgIpc) is 2.47. The number of sulfonamides is 1. The number of nitrogens with one attached hydrogen (secondary N) is 2. The highest BCUT2D eigenvalue weighted by atomic mass is 32.2. The van der Waals surface area contributed by atoms with Gasteiger partial charge in [0.15, 0.2) is 0 Å². The Morgan fingerprint density at radius 3 is 2.57 bits per heavy atom. The zero-order valence-corrected chi connectivity index (χ0v) is 14.3. The van der Waals surface area contributed by atoms with Crippen LogP contribution in [0.1, 0.15) is 20.3 Å². The van der Waals surface area contributed by atoms with Gasteiger partial charge in [0.25, 0.3) is 0 Å². The number of thioether (sulfide) groups is 1. The van der Waals surface area contributed by atoms with Crippen molar-refractivity contribution in [3.05, 3.63) is 24.3 Å². The zero-order chi connectivity index (χ0) is 15.9. The van der Waals surface area contributed by atoms with Gasteiger partial charge in [-0.3, -0.25) is 0 Å². The molecule has 0 radical (unpaired) electrons. The maximum Gasteiger partial charge on any atom is 0.242 e. The molecule has 0 bridgehead atoms. The Balaban J connectivity index is 2.99. The molecule has 0 amide bonds. The Bertz CT molecular complexity index is 531. The molecule has 2 atom stereocenters. The fraction of sp³-hybridized carbons (Fsp3) is 0.571. The van der Waals surface area contributed by atoms with Gasteiger partial charge in [0.2, 0.25) is 10.0 Å². The number of anilines is 1.